The quantitative estimate of drug-likeness (QED) is 0.762. The van der Waals surface area contributed by atoms with E-state index in [1.807, 2.05) is 37.3 Å². The molecule has 29 heavy (non-hydrogen) atoms. The van der Waals surface area contributed by atoms with Gasteiger partial charge in [-0.15, -0.1) is 0 Å². The number of nitrogens with one attached hydrogen (secondary N) is 2. The van der Waals surface area contributed by atoms with Gasteiger partial charge in [-0.25, -0.2) is 0 Å². The molecular weight excluding hydrogens is 390 g/mol. The van der Waals surface area contributed by atoms with Crippen LogP contribution < -0.4 is 10.6 Å². The lowest BCUT2D eigenvalue weighted by molar-refractivity contribution is -0.142. The molecule has 3 amide bonds. The van der Waals surface area contributed by atoms with E-state index in [1.165, 1.54) is 4.90 Å². The SMILES string of the molecule is C[C@@H]1N[C@@]2(C(=O)Nc3ccc(Cl)cc32)[C@@H]2C(=O)N(CCc3ccccc3)C(=O)[C@H]12. The summed E-state index contributed by atoms with van der Waals surface area (Å²) in [6, 6.07) is 14.6. The molecule has 2 aromatic rings. The number of benzene rings is 2. The number of fused-ring (bicyclic) bond motifs is 4. The van der Waals surface area contributed by atoms with Gasteiger partial charge < -0.3 is 5.32 Å². The van der Waals surface area contributed by atoms with E-state index in [-0.39, 0.29) is 23.8 Å². The number of likely N-dealkylation sites (tertiary alicyclic amines) is 1. The number of carbonyl (C=O) groups excluding carboxylic acids is 3. The van der Waals surface area contributed by atoms with Crippen molar-refractivity contribution >= 4 is 35.0 Å². The molecule has 0 radical (unpaired) electrons. The first-order valence-corrected chi connectivity index (χ1v) is 10.1. The van der Waals surface area contributed by atoms with Crippen LogP contribution in [-0.4, -0.2) is 35.2 Å². The summed E-state index contributed by atoms with van der Waals surface area (Å²) in [5, 5.41) is 6.62. The molecule has 3 heterocycles. The van der Waals surface area contributed by atoms with Gasteiger partial charge in [0.25, 0.3) is 0 Å². The van der Waals surface area contributed by atoms with Crippen molar-refractivity contribution < 1.29 is 14.4 Å². The summed E-state index contributed by atoms with van der Waals surface area (Å²) in [5.74, 6) is -2.17. The van der Waals surface area contributed by atoms with Gasteiger partial charge in [0, 0.05) is 28.9 Å². The summed E-state index contributed by atoms with van der Waals surface area (Å²) in [7, 11) is 0. The number of anilines is 1. The lowest BCUT2D eigenvalue weighted by Crippen LogP contribution is -2.53. The topological polar surface area (TPSA) is 78.5 Å². The predicted octanol–water partition coefficient (Wildman–Crippen LogP) is 2.32. The minimum atomic E-state index is -1.27. The fraction of sp³-hybridized carbons (Fsp3) is 0.318. The molecule has 2 N–H and O–H groups in total. The van der Waals surface area contributed by atoms with Crippen LogP contribution in [-0.2, 0) is 26.3 Å². The second kappa shape index (κ2) is 6.40. The van der Waals surface area contributed by atoms with Crippen LogP contribution in [0.15, 0.2) is 48.5 Å². The summed E-state index contributed by atoms with van der Waals surface area (Å²) in [6.07, 6.45) is 0.585. The minimum Gasteiger partial charge on any atom is -0.324 e. The van der Waals surface area contributed by atoms with E-state index < -0.39 is 17.4 Å². The highest BCUT2D eigenvalue weighted by atomic mass is 35.5. The van der Waals surface area contributed by atoms with Crippen molar-refractivity contribution in [3.05, 3.63) is 64.7 Å². The van der Waals surface area contributed by atoms with Gasteiger partial charge in [0.1, 0.15) is 5.54 Å². The van der Waals surface area contributed by atoms with E-state index >= 15 is 0 Å². The third-order valence-corrected chi connectivity index (χ3v) is 6.62. The van der Waals surface area contributed by atoms with Gasteiger partial charge in [0.05, 0.1) is 11.8 Å². The molecule has 0 saturated carbocycles. The number of carbonyl (C=O) groups is 3. The third kappa shape index (κ3) is 2.49. The molecule has 3 aliphatic rings. The molecule has 2 aromatic carbocycles. The summed E-state index contributed by atoms with van der Waals surface area (Å²) in [4.78, 5) is 41.0. The van der Waals surface area contributed by atoms with Gasteiger partial charge in [-0.05, 0) is 37.1 Å². The minimum absolute atomic E-state index is 0.212. The van der Waals surface area contributed by atoms with Crippen molar-refractivity contribution in [3.8, 4) is 0 Å². The molecule has 5 rings (SSSR count). The van der Waals surface area contributed by atoms with Crippen molar-refractivity contribution in [1.82, 2.24) is 10.2 Å². The molecule has 148 valence electrons. The van der Waals surface area contributed by atoms with Crippen LogP contribution in [0, 0.1) is 11.8 Å². The van der Waals surface area contributed by atoms with E-state index in [9.17, 15) is 14.4 Å². The van der Waals surface area contributed by atoms with E-state index in [2.05, 4.69) is 10.6 Å². The highest BCUT2D eigenvalue weighted by Crippen LogP contribution is 2.53. The number of halogens is 1. The number of hydrogen-bond donors (Lipinski definition) is 2. The first kappa shape index (κ1) is 18.3. The molecule has 6 nitrogen and oxygen atoms in total. The number of hydrogen-bond acceptors (Lipinski definition) is 4. The van der Waals surface area contributed by atoms with Crippen molar-refractivity contribution in [2.24, 2.45) is 11.8 Å². The Balaban J connectivity index is 1.52. The Bertz CT molecular complexity index is 1040. The Morgan fingerprint density at radius 2 is 1.83 bits per heavy atom. The average molecular weight is 410 g/mol. The fourth-order valence-corrected chi connectivity index (χ4v) is 5.27. The second-order valence-corrected chi connectivity index (χ2v) is 8.39. The maximum Gasteiger partial charge on any atom is 0.250 e. The largest absolute Gasteiger partial charge is 0.324 e. The zero-order valence-corrected chi connectivity index (χ0v) is 16.6. The first-order chi connectivity index (χ1) is 13.9. The zero-order chi connectivity index (χ0) is 20.3. The Morgan fingerprint density at radius 1 is 1.07 bits per heavy atom. The standard InChI is InChI=1S/C22H20ClN3O3/c1-12-17-18(20(28)26(19(17)27)10-9-13-5-3-2-4-6-13)22(25-12)15-11-14(23)7-8-16(15)24-21(22)29/h2-8,11-12,17-18,25H,9-10H2,1H3,(H,24,29)/t12-,17+,18-,22+/m0/s1. The van der Waals surface area contributed by atoms with E-state index in [4.69, 9.17) is 11.6 Å². The lowest BCUT2D eigenvalue weighted by Gasteiger charge is -2.29. The molecule has 0 unspecified atom stereocenters. The molecule has 4 atom stereocenters. The number of nitrogens with zero attached hydrogens (tertiary/aromatic N) is 1. The highest BCUT2D eigenvalue weighted by Gasteiger charge is 2.69. The Morgan fingerprint density at radius 3 is 2.59 bits per heavy atom. The van der Waals surface area contributed by atoms with Crippen LogP contribution in [0.3, 0.4) is 0 Å². The normalized spacial score (nSPS) is 30.1. The van der Waals surface area contributed by atoms with Gasteiger partial charge in [0.2, 0.25) is 17.7 Å². The van der Waals surface area contributed by atoms with Gasteiger partial charge in [-0.2, -0.15) is 0 Å². The molecule has 0 aliphatic carbocycles. The zero-order valence-electron chi connectivity index (χ0n) is 15.8. The second-order valence-electron chi connectivity index (χ2n) is 7.95. The summed E-state index contributed by atoms with van der Waals surface area (Å²) in [5.41, 5.74) is 1.06. The van der Waals surface area contributed by atoms with Crippen LogP contribution in [0.5, 0.6) is 0 Å². The van der Waals surface area contributed by atoms with E-state index in [0.717, 1.165) is 5.56 Å². The fourth-order valence-electron chi connectivity index (χ4n) is 5.10. The first-order valence-electron chi connectivity index (χ1n) is 9.72. The molecule has 0 bridgehead atoms. The van der Waals surface area contributed by atoms with Gasteiger partial charge in [0.15, 0.2) is 0 Å². The predicted molar refractivity (Wildman–Crippen MR) is 108 cm³/mol. The lowest BCUT2D eigenvalue weighted by atomic mass is 9.76. The van der Waals surface area contributed by atoms with Crippen LogP contribution in [0.4, 0.5) is 5.69 Å². The Kier molecular flexibility index (Phi) is 4.05. The number of amides is 3. The van der Waals surface area contributed by atoms with Crippen molar-refractivity contribution in [1.29, 1.82) is 0 Å². The van der Waals surface area contributed by atoms with Crippen molar-refractivity contribution in [2.45, 2.75) is 24.9 Å². The average Bonchev–Trinajstić information content (AvgIpc) is 3.26. The van der Waals surface area contributed by atoms with Gasteiger partial charge >= 0.3 is 0 Å². The van der Waals surface area contributed by atoms with Crippen LogP contribution in [0.2, 0.25) is 5.02 Å². The maximum atomic E-state index is 13.4. The molecule has 3 aliphatic heterocycles. The van der Waals surface area contributed by atoms with Crippen LogP contribution >= 0.6 is 11.6 Å². The van der Waals surface area contributed by atoms with Crippen molar-refractivity contribution in [2.75, 3.05) is 11.9 Å². The maximum absolute atomic E-state index is 13.4. The number of imide groups is 1. The Labute approximate surface area is 173 Å². The number of rotatable bonds is 3. The molecule has 7 heteroatoms. The molecule has 1 spiro atoms. The molecular formula is C22H20ClN3O3. The van der Waals surface area contributed by atoms with Gasteiger partial charge in [-0.1, -0.05) is 41.9 Å². The van der Waals surface area contributed by atoms with Crippen LogP contribution in [0.1, 0.15) is 18.1 Å². The molecule has 2 saturated heterocycles. The van der Waals surface area contributed by atoms with E-state index in [1.54, 1.807) is 18.2 Å². The smallest absolute Gasteiger partial charge is 0.250 e. The monoisotopic (exact) mass is 409 g/mol. The van der Waals surface area contributed by atoms with Crippen molar-refractivity contribution in [3.63, 3.8) is 0 Å². The summed E-state index contributed by atoms with van der Waals surface area (Å²) in [6.45, 7) is 2.16. The van der Waals surface area contributed by atoms with Crippen LogP contribution in [0.25, 0.3) is 0 Å². The highest BCUT2D eigenvalue weighted by molar-refractivity contribution is 6.31. The Hall–Kier alpha value is -2.70. The molecule has 0 aromatic heterocycles. The third-order valence-electron chi connectivity index (χ3n) is 6.38. The van der Waals surface area contributed by atoms with E-state index in [0.29, 0.717) is 29.2 Å². The summed E-state index contributed by atoms with van der Waals surface area (Å²) >= 11 is 6.19. The molecule has 2 fully saturated rings. The summed E-state index contributed by atoms with van der Waals surface area (Å²) < 4.78 is 0. The van der Waals surface area contributed by atoms with Gasteiger partial charge in [-0.3, -0.25) is 24.6 Å².